The maximum Gasteiger partial charge on any atom is 0.191 e. The summed E-state index contributed by atoms with van der Waals surface area (Å²) < 4.78 is 0. The Kier molecular flexibility index (Phi) is 9.07. The summed E-state index contributed by atoms with van der Waals surface area (Å²) in [5.74, 6) is 0.862. The van der Waals surface area contributed by atoms with E-state index in [0.29, 0.717) is 6.54 Å². The van der Waals surface area contributed by atoms with Crippen molar-refractivity contribution >= 4 is 41.3 Å². The van der Waals surface area contributed by atoms with E-state index < -0.39 is 0 Å². The molecule has 0 saturated carbocycles. The Bertz CT molecular complexity index is 569. The number of hydrogen-bond acceptors (Lipinski definition) is 3. The molecule has 120 valence electrons. The third-order valence-corrected chi connectivity index (χ3v) is 4.04. The second-order valence-corrected chi connectivity index (χ2v) is 5.66. The molecule has 1 aromatic heterocycles. The summed E-state index contributed by atoms with van der Waals surface area (Å²) in [7, 11) is 0. The van der Waals surface area contributed by atoms with Crippen molar-refractivity contribution in [1.82, 2.24) is 15.6 Å². The van der Waals surface area contributed by atoms with Gasteiger partial charge in [0.25, 0.3) is 0 Å². The number of hydrogen-bond donors (Lipinski definition) is 2. The summed E-state index contributed by atoms with van der Waals surface area (Å²) in [6.07, 6.45) is 0.991. The van der Waals surface area contributed by atoms with Gasteiger partial charge in [0.05, 0.1) is 17.7 Å². The van der Waals surface area contributed by atoms with Crippen LogP contribution in [0.5, 0.6) is 0 Å². The maximum atomic E-state index is 4.61. The Hall–Kier alpha value is -1.15. The highest BCUT2D eigenvalue weighted by Crippen LogP contribution is 2.12. The van der Waals surface area contributed by atoms with Crippen LogP contribution in [0.2, 0.25) is 0 Å². The molecule has 0 spiro atoms. The van der Waals surface area contributed by atoms with Crippen LogP contribution in [0.4, 0.5) is 0 Å². The summed E-state index contributed by atoms with van der Waals surface area (Å²) in [6, 6.07) is 10.5. The molecule has 2 aromatic rings. The summed E-state index contributed by atoms with van der Waals surface area (Å²) >= 11 is 1.66. The fourth-order valence-electron chi connectivity index (χ4n) is 1.94. The van der Waals surface area contributed by atoms with Gasteiger partial charge in [-0.2, -0.15) is 0 Å². The van der Waals surface area contributed by atoms with Gasteiger partial charge in [0.15, 0.2) is 5.96 Å². The molecule has 2 N–H and O–H groups in total. The van der Waals surface area contributed by atoms with E-state index in [-0.39, 0.29) is 24.0 Å². The van der Waals surface area contributed by atoms with E-state index in [1.54, 1.807) is 11.3 Å². The van der Waals surface area contributed by atoms with E-state index in [9.17, 15) is 0 Å². The first-order valence-electron chi connectivity index (χ1n) is 7.24. The van der Waals surface area contributed by atoms with E-state index in [4.69, 9.17) is 0 Å². The Morgan fingerprint density at radius 2 is 2.00 bits per heavy atom. The molecule has 0 atom stereocenters. The lowest BCUT2D eigenvalue weighted by molar-refractivity contribution is 0.800. The minimum absolute atomic E-state index is 0. The second-order valence-electron chi connectivity index (χ2n) is 4.72. The van der Waals surface area contributed by atoms with E-state index in [2.05, 4.69) is 51.8 Å². The second kappa shape index (κ2) is 10.6. The number of aliphatic imine (C=N–C) groups is 1. The van der Waals surface area contributed by atoms with Crippen LogP contribution in [0.3, 0.4) is 0 Å². The molecule has 2 rings (SSSR count). The minimum atomic E-state index is 0. The quantitative estimate of drug-likeness (QED) is 0.420. The lowest BCUT2D eigenvalue weighted by Gasteiger charge is -2.11. The highest BCUT2D eigenvalue weighted by molar-refractivity contribution is 14.0. The molecule has 22 heavy (non-hydrogen) atoms. The Labute approximate surface area is 153 Å². The molecule has 0 aliphatic carbocycles. The lowest BCUT2D eigenvalue weighted by Crippen LogP contribution is -2.38. The van der Waals surface area contributed by atoms with E-state index >= 15 is 0 Å². The fraction of sp³-hybridized carbons (Fsp3) is 0.375. The van der Waals surface area contributed by atoms with Gasteiger partial charge in [-0.15, -0.1) is 35.3 Å². The van der Waals surface area contributed by atoms with E-state index in [1.165, 1.54) is 10.4 Å². The number of guanidine groups is 1. The molecule has 4 nitrogen and oxygen atoms in total. The summed E-state index contributed by atoms with van der Waals surface area (Å²) in [5.41, 5.74) is 4.28. The van der Waals surface area contributed by atoms with E-state index in [1.807, 2.05) is 18.5 Å². The highest BCUT2D eigenvalue weighted by atomic mass is 127. The van der Waals surface area contributed by atoms with Gasteiger partial charge < -0.3 is 10.6 Å². The van der Waals surface area contributed by atoms with Crippen LogP contribution in [0.15, 0.2) is 40.8 Å². The molecule has 0 saturated heterocycles. The Balaban J connectivity index is 0.00000242. The first-order valence-corrected chi connectivity index (χ1v) is 8.12. The van der Waals surface area contributed by atoms with Gasteiger partial charge in [-0.05, 0) is 25.8 Å². The van der Waals surface area contributed by atoms with Gasteiger partial charge in [-0.3, -0.25) is 0 Å². The van der Waals surface area contributed by atoms with Gasteiger partial charge in [0, 0.05) is 18.0 Å². The maximum absolute atomic E-state index is 4.61. The molecule has 0 amide bonds. The lowest BCUT2D eigenvalue weighted by atomic mass is 10.1. The smallest absolute Gasteiger partial charge is 0.191 e. The molecule has 0 aliphatic rings. The predicted molar refractivity (Wildman–Crippen MR) is 105 cm³/mol. The number of benzene rings is 1. The first kappa shape index (κ1) is 18.9. The zero-order valence-corrected chi connectivity index (χ0v) is 16.2. The molecule has 0 fully saturated rings. The van der Waals surface area contributed by atoms with E-state index in [0.717, 1.165) is 31.2 Å². The van der Waals surface area contributed by atoms with Crippen molar-refractivity contribution in [3.8, 4) is 0 Å². The zero-order valence-electron chi connectivity index (χ0n) is 13.0. The minimum Gasteiger partial charge on any atom is -0.357 e. The number of aromatic nitrogens is 1. The third-order valence-electron chi connectivity index (χ3n) is 3.12. The molecular weight excluding hydrogens is 407 g/mol. The zero-order chi connectivity index (χ0) is 14.9. The Morgan fingerprint density at radius 3 is 2.64 bits per heavy atom. The molecule has 0 unspecified atom stereocenters. The molecule has 0 radical (unpaired) electrons. The average molecular weight is 430 g/mol. The van der Waals surface area contributed by atoms with Crippen molar-refractivity contribution in [2.75, 3.05) is 13.1 Å². The molecular formula is C16H23IN4S. The van der Waals surface area contributed by atoms with Crippen LogP contribution >= 0.6 is 35.3 Å². The summed E-state index contributed by atoms with van der Waals surface area (Å²) in [6.45, 7) is 6.51. The van der Waals surface area contributed by atoms with Gasteiger partial charge in [0.1, 0.15) is 0 Å². The standard InChI is InChI=1S/C16H22N4S.HI/c1-3-17-16(19-11-15-13(2)20-12-21-15)18-10-9-14-7-5-4-6-8-14;/h4-8,12H,3,9-11H2,1-2H3,(H2,17,18,19);1H. The van der Waals surface area contributed by atoms with Crippen molar-refractivity contribution in [1.29, 1.82) is 0 Å². The van der Waals surface area contributed by atoms with Crippen LogP contribution < -0.4 is 10.6 Å². The molecule has 6 heteroatoms. The van der Waals surface area contributed by atoms with Crippen molar-refractivity contribution in [3.63, 3.8) is 0 Å². The monoisotopic (exact) mass is 430 g/mol. The molecule has 0 bridgehead atoms. The number of rotatable bonds is 6. The Morgan fingerprint density at radius 1 is 1.23 bits per heavy atom. The first-order chi connectivity index (χ1) is 10.3. The van der Waals surface area contributed by atoms with Crippen LogP contribution in [0.1, 0.15) is 23.1 Å². The molecule has 1 aromatic carbocycles. The number of thiazole rings is 1. The summed E-state index contributed by atoms with van der Waals surface area (Å²) in [4.78, 5) is 10.1. The van der Waals surface area contributed by atoms with Crippen LogP contribution in [0, 0.1) is 6.92 Å². The van der Waals surface area contributed by atoms with Crippen molar-refractivity contribution < 1.29 is 0 Å². The van der Waals surface area contributed by atoms with Crippen LogP contribution in [-0.2, 0) is 13.0 Å². The average Bonchev–Trinajstić information content (AvgIpc) is 2.91. The molecule has 1 heterocycles. The van der Waals surface area contributed by atoms with Crippen molar-refractivity contribution in [2.45, 2.75) is 26.8 Å². The topological polar surface area (TPSA) is 49.3 Å². The summed E-state index contributed by atoms with van der Waals surface area (Å²) in [5, 5.41) is 6.65. The van der Waals surface area contributed by atoms with Crippen molar-refractivity contribution in [2.24, 2.45) is 4.99 Å². The van der Waals surface area contributed by atoms with Crippen molar-refractivity contribution in [3.05, 3.63) is 52.0 Å². The normalized spacial score (nSPS) is 10.9. The van der Waals surface area contributed by atoms with Gasteiger partial charge in [0.2, 0.25) is 0 Å². The van der Waals surface area contributed by atoms with Crippen LogP contribution in [0.25, 0.3) is 0 Å². The SMILES string of the molecule is CCNC(=NCc1scnc1C)NCCc1ccccc1.I. The molecule has 0 aliphatic heterocycles. The fourth-order valence-corrected chi connectivity index (χ4v) is 2.64. The van der Waals surface area contributed by atoms with Gasteiger partial charge in [-0.25, -0.2) is 9.98 Å². The highest BCUT2D eigenvalue weighted by Gasteiger charge is 2.02. The number of aryl methyl sites for hydroxylation is 1. The van der Waals surface area contributed by atoms with Crippen LogP contribution in [-0.4, -0.2) is 24.0 Å². The van der Waals surface area contributed by atoms with Gasteiger partial charge >= 0.3 is 0 Å². The third kappa shape index (κ3) is 6.31. The predicted octanol–water partition coefficient (Wildman–Crippen LogP) is 3.37. The van der Waals surface area contributed by atoms with Gasteiger partial charge in [-0.1, -0.05) is 30.3 Å². The largest absolute Gasteiger partial charge is 0.357 e. The number of halogens is 1. The number of nitrogens with zero attached hydrogens (tertiary/aromatic N) is 2. The number of nitrogens with one attached hydrogen (secondary N) is 2.